The van der Waals surface area contributed by atoms with Crippen molar-refractivity contribution >= 4 is 44.8 Å². The fourth-order valence-corrected chi connectivity index (χ4v) is 5.95. The standard InChI is InChI=1S/C32H25OP/c1-34(2,33)26-19-17-23(18-20-26)31-27-11-5-7-13-29(27)32(30-14-8-6-12-28(30)31)25-16-15-22-9-3-4-10-24(22)21-25/h3-21H,1-2H3. The average Bonchev–Trinajstić information content (AvgIpc) is 2.86. The monoisotopic (exact) mass is 456 g/mol. The second kappa shape index (κ2) is 7.97. The molecule has 0 saturated heterocycles. The molecule has 0 aliphatic rings. The molecule has 0 bridgehead atoms. The summed E-state index contributed by atoms with van der Waals surface area (Å²) >= 11 is 0. The zero-order chi connectivity index (χ0) is 23.3. The lowest BCUT2D eigenvalue weighted by atomic mass is 9.85. The molecule has 0 aliphatic carbocycles. The number of hydrogen-bond acceptors (Lipinski definition) is 1. The third-order valence-corrected chi connectivity index (χ3v) is 8.29. The summed E-state index contributed by atoms with van der Waals surface area (Å²) in [5.41, 5.74) is 4.87. The minimum Gasteiger partial charge on any atom is -0.319 e. The Morgan fingerprint density at radius 1 is 0.471 bits per heavy atom. The molecule has 0 atom stereocenters. The number of hydrogen-bond donors (Lipinski definition) is 0. The van der Waals surface area contributed by atoms with Crippen molar-refractivity contribution in [3.63, 3.8) is 0 Å². The summed E-state index contributed by atoms with van der Waals surface area (Å²) in [6.07, 6.45) is 0. The van der Waals surface area contributed by atoms with Gasteiger partial charge in [0, 0.05) is 5.30 Å². The lowest BCUT2D eigenvalue weighted by Gasteiger charge is -2.18. The second-order valence-corrected chi connectivity index (χ2v) is 12.5. The van der Waals surface area contributed by atoms with Gasteiger partial charge in [0.05, 0.1) is 0 Å². The summed E-state index contributed by atoms with van der Waals surface area (Å²) in [5.74, 6) is 0. The molecule has 0 unspecified atom stereocenters. The van der Waals surface area contributed by atoms with Gasteiger partial charge < -0.3 is 4.57 Å². The van der Waals surface area contributed by atoms with Gasteiger partial charge in [0.2, 0.25) is 0 Å². The van der Waals surface area contributed by atoms with Crippen LogP contribution in [0.1, 0.15) is 0 Å². The Balaban J connectivity index is 1.70. The van der Waals surface area contributed by atoms with E-state index >= 15 is 0 Å². The average molecular weight is 457 g/mol. The molecule has 1 nitrogen and oxygen atoms in total. The van der Waals surface area contributed by atoms with E-state index in [1.54, 1.807) is 0 Å². The first kappa shape index (κ1) is 20.9. The Hall–Kier alpha value is -3.67. The van der Waals surface area contributed by atoms with Crippen molar-refractivity contribution in [2.75, 3.05) is 13.3 Å². The van der Waals surface area contributed by atoms with Crippen molar-refractivity contribution in [3.05, 3.63) is 115 Å². The summed E-state index contributed by atoms with van der Waals surface area (Å²) in [4.78, 5) is 0. The van der Waals surface area contributed by atoms with Gasteiger partial charge >= 0.3 is 0 Å². The highest BCUT2D eigenvalue weighted by molar-refractivity contribution is 7.70. The van der Waals surface area contributed by atoms with Crippen LogP contribution in [0.15, 0.2) is 115 Å². The van der Waals surface area contributed by atoms with Crippen LogP contribution < -0.4 is 5.30 Å². The minimum atomic E-state index is -2.29. The van der Waals surface area contributed by atoms with Gasteiger partial charge in [-0.3, -0.25) is 0 Å². The Morgan fingerprint density at radius 2 is 0.912 bits per heavy atom. The summed E-state index contributed by atoms with van der Waals surface area (Å²) in [5, 5.41) is 8.36. The van der Waals surface area contributed by atoms with E-state index in [1.807, 2.05) is 25.5 Å². The van der Waals surface area contributed by atoms with Crippen LogP contribution in [0, 0.1) is 0 Å². The van der Waals surface area contributed by atoms with Crippen LogP contribution in [-0.2, 0) is 4.57 Å². The quantitative estimate of drug-likeness (QED) is 0.192. The Labute approximate surface area is 200 Å². The number of fused-ring (bicyclic) bond motifs is 3. The summed E-state index contributed by atoms with van der Waals surface area (Å²) in [6, 6.07) is 41.0. The molecule has 0 spiro atoms. The van der Waals surface area contributed by atoms with Crippen molar-refractivity contribution in [2.45, 2.75) is 0 Å². The van der Waals surface area contributed by atoms with E-state index in [0.29, 0.717) is 0 Å². The zero-order valence-electron chi connectivity index (χ0n) is 19.3. The zero-order valence-corrected chi connectivity index (χ0v) is 20.2. The molecule has 164 valence electrons. The van der Waals surface area contributed by atoms with Crippen molar-refractivity contribution in [1.29, 1.82) is 0 Å². The SMILES string of the molecule is CP(C)(=O)c1ccc(-c2c3ccccc3c(-c3ccc4ccccc4c3)c3ccccc23)cc1. The van der Waals surface area contributed by atoms with E-state index in [-0.39, 0.29) is 0 Å². The van der Waals surface area contributed by atoms with Crippen molar-refractivity contribution in [2.24, 2.45) is 0 Å². The smallest absolute Gasteiger partial charge is 0.109 e. The highest BCUT2D eigenvalue weighted by Crippen LogP contribution is 2.44. The van der Waals surface area contributed by atoms with E-state index in [2.05, 4.69) is 103 Å². The largest absolute Gasteiger partial charge is 0.319 e. The summed E-state index contributed by atoms with van der Waals surface area (Å²) in [6.45, 7) is 3.65. The van der Waals surface area contributed by atoms with Crippen LogP contribution >= 0.6 is 7.14 Å². The normalized spacial score (nSPS) is 11.9. The maximum absolute atomic E-state index is 12.6. The van der Waals surface area contributed by atoms with E-state index in [0.717, 1.165) is 10.9 Å². The van der Waals surface area contributed by atoms with Gasteiger partial charge in [0.15, 0.2) is 0 Å². The van der Waals surface area contributed by atoms with Gasteiger partial charge in [-0.2, -0.15) is 0 Å². The molecule has 0 fully saturated rings. The maximum Gasteiger partial charge on any atom is 0.109 e. The minimum absolute atomic E-state index is 0.914. The molecule has 34 heavy (non-hydrogen) atoms. The van der Waals surface area contributed by atoms with E-state index in [4.69, 9.17) is 0 Å². The predicted octanol–water partition coefficient (Wildman–Crippen LogP) is 8.73. The lowest BCUT2D eigenvalue weighted by molar-refractivity contribution is 0.588. The van der Waals surface area contributed by atoms with Gasteiger partial charge in [0.1, 0.15) is 7.14 Å². The summed E-state index contributed by atoms with van der Waals surface area (Å²) < 4.78 is 12.6. The Kier molecular flexibility index (Phi) is 4.90. The molecule has 0 amide bonds. The molecule has 0 aliphatic heterocycles. The third kappa shape index (κ3) is 3.45. The molecule has 0 saturated carbocycles. The van der Waals surface area contributed by atoms with Crippen LogP contribution in [0.25, 0.3) is 54.6 Å². The molecule has 0 aromatic heterocycles. The molecule has 6 aromatic carbocycles. The molecule has 0 heterocycles. The van der Waals surface area contributed by atoms with E-state index in [1.165, 1.54) is 49.0 Å². The third-order valence-electron chi connectivity index (χ3n) is 6.75. The van der Waals surface area contributed by atoms with Gasteiger partial charge in [-0.1, -0.05) is 109 Å². The topological polar surface area (TPSA) is 17.1 Å². The Bertz CT molecular complexity index is 1680. The summed E-state index contributed by atoms with van der Waals surface area (Å²) in [7, 11) is -2.29. The first-order chi connectivity index (χ1) is 16.5. The fraction of sp³-hybridized carbons (Fsp3) is 0.0625. The first-order valence-corrected chi connectivity index (χ1v) is 14.2. The van der Waals surface area contributed by atoms with Gasteiger partial charge in [-0.05, 0) is 74.0 Å². The van der Waals surface area contributed by atoms with E-state index < -0.39 is 7.14 Å². The van der Waals surface area contributed by atoms with Crippen molar-refractivity contribution in [3.8, 4) is 22.3 Å². The molecule has 6 rings (SSSR count). The first-order valence-electron chi connectivity index (χ1n) is 11.6. The van der Waals surface area contributed by atoms with Crippen LogP contribution in [0.5, 0.6) is 0 Å². The van der Waals surface area contributed by atoms with Crippen LogP contribution in [-0.4, -0.2) is 13.3 Å². The van der Waals surface area contributed by atoms with Crippen molar-refractivity contribution < 1.29 is 4.57 Å². The fourth-order valence-electron chi connectivity index (χ4n) is 5.08. The lowest BCUT2D eigenvalue weighted by Crippen LogP contribution is -2.01. The predicted molar refractivity (Wildman–Crippen MR) is 149 cm³/mol. The molecule has 6 aromatic rings. The van der Waals surface area contributed by atoms with Crippen molar-refractivity contribution in [1.82, 2.24) is 0 Å². The molecule has 2 heteroatoms. The molecule has 0 radical (unpaired) electrons. The second-order valence-electron chi connectivity index (χ2n) is 9.30. The maximum atomic E-state index is 12.6. The number of rotatable bonds is 3. The van der Waals surface area contributed by atoms with Crippen LogP contribution in [0.4, 0.5) is 0 Å². The van der Waals surface area contributed by atoms with E-state index in [9.17, 15) is 4.57 Å². The van der Waals surface area contributed by atoms with Gasteiger partial charge in [-0.15, -0.1) is 0 Å². The molecule has 0 N–H and O–H groups in total. The van der Waals surface area contributed by atoms with Gasteiger partial charge in [-0.25, -0.2) is 0 Å². The highest BCUT2D eigenvalue weighted by atomic mass is 31.2. The molecular formula is C32H25OP. The van der Waals surface area contributed by atoms with Gasteiger partial charge in [0.25, 0.3) is 0 Å². The Morgan fingerprint density at radius 3 is 1.44 bits per heavy atom. The number of benzene rings is 6. The van der Waals surface area contributed by atoms with Crippen LogP contribution in [0.2, 0.25) is 0 Å². The van der Waals surface area contributed by atoms with Crippen LogP contribution in [0.3, 0.4) is 0 Å². The highest BCUT2D eigenvalue weighted by Gasteiger charge is 2.17. The molecular weight excluding hydrogens is 431 g/mol.